The van der Waals surface area contributed by atoms with Gasteiger partial charge in [0.25, 0.3) is 0 Å². The van der Waals surface area contributed by atoms with Gasteiger partial charge in [-0.1, -0.05) is 48.5 Å². The lowest BCUT2D eigenvalue weighted by Crippen LogP contribution is -2.15. The van der Waals surface area contributed by atoms with Crippen LogP contribution < -0.4 is 15.1 Å². The van der Waals surface area contributed by atoms with E-state index in [4.69, 9.17) is 23.7 Å². The normalized spacial score (nSPS) is 12.7. The van der Waals surface area contributed by atoms with Crippen LogP contribution in [0.4, 0.5) is 0 Å². The van der Waals surface area contributed by atoms with Gasteiger partial charge in [0.1, 0.15) is 31.1 Å². The van der Waals surface area contributed by atoms with Crippen molar-refractivity contribution in [2.24, 2.45) is 0 Å². The number of para-hydroxylation sites is 1. The number of ether oxygens (including phenoxy) is 3. The monoisotopic (exact) mass is 556 g/mol. The molecular weight excluding hydrogens is 532 g/mol. The maximum atomic E-state index is 12.9. The molecule has 0 atom stereocenters. The minimum atomic E-state index is -0.558. The van der Waals surface area contributed by atoms with Crippen LogP contribution in [-0.2, 0) is 16.1 Å². The molecule has 6 aromatic rings. The van der Waals surface area contributed by atoms with Crippen LogP contribution in [0.1, 0.15) is 11.1 Å². The van der Waals surface area contributed by atoms with Crippen molar-refractivity contribution in [3.8, 4) is 28.4 Å². The highest BCUT2D eigenvalue weighted by Crippen LogP contribution is 2.36. The first-order valence-corrected chi connectivity index (χ1v) is 13.5. The lowest BCUT2D eigenvalue weighted by Gasteiger charge is -2.18. The van der Waals surface area contributed by atoms with Gasteiger partial charge in [0.05, 0.1) is 5.69 Å². The third-order valence-electron chi connectivity index (χ3n) is 7.06. The highest BCUT2D eigenvalue weighted by molar-refractivity contribution is 6.07. The first-order chi connectivity index (χ1) is 20.6. The molecule has 7 rings (SSSR count). The Morgan fingerprint density at radius 1 is 0.905 bits per heavy atom. The number of nitrogens with zero attached hydrogens (tertiary/aromatic N) is 2. The van der Waals surface area contributed by atoms with Gasteiger partial charge in [-0.05, 0) is 53.2 Å². The molecule has 1 aliphatic heterocycles. The van der Waals surface area contributed by atoms with Gasteiger partial charge in [-0.3, -0.25) is 0 Å². The van der Waals surface area contributed by atoms with Crippen LogP contribution in [-0.4, -0.2) is 29.0 Å². The van der Waals surface area contributed by atoms with Crippen molar-refractivity contribution in [3.63, 3.8) is 0 Å². The van der Waals surface area contributed by atoms with E-state index in [9.17, 15) is 9.59 Å². The summed E-state index contributed by atoms with van der Waals surface area (Å²) in [6.07, 6.45) is 4.89. The number of fused-ring (bicyclic) bond motifs is 4. The molecule has 0 radical (unpaired) electrons. The molecule has 0 saturated heterocycles. The summed E-state index contributed by atoms with van der Waals surface area (Å²) in [7, 11) is 0. The van der Waals surface area contributed by atoms with E-state index in [1.807, 2.05) is 85.1 Å². The molecule has 0 unspecified atom stereocenters. The Balaban J connectivity index is 1.19. The van der Waals surface area contributed by atoms with Gasteiger partial charge < -0.3 is 18.6 Å². The van der Waals surface area contributed by atoms with Crippen LogP contribution in [0.25, 0.3) is 44.8 Å². The Kier molecular flexibility index (Phi) is 6.48. The maximum absolute atomic E-state index is 12.9. The van der Waals surface area contributed by atoms with Crippen LogP contribution in [0.15, 0.2) is 112 Å². The van der Waals surface area contributed by atoms with E-state index >= 15 is 0 Å². The molecule has 0 spiro atoms. The van der Waals surface area contributed by atoms with Gasteiger partial charge in [0.2, 0.25) is 0 Å². The molecule has 0 aliphatic carbocycles. The third kappa shape index (κ3) is 4.90. The molecule has 0 bridgehead atoms. The van der Waals surface area contributed by atoms with Crippen molar-refractivity contribution in [2.75, 3.05) is 13.2 Å². The Hall–Kier alpha value is -5.63. The van der Waals surface area contributed by atoms with E-state index in [2.05, 4.69) is 0 Å². The number of carbonyl (C=O) groups excluding carboxylic acids is 1. The number of hydrogen-bond donors (Lipinski definition) is 0. The first kappa shape index (κ1) is 25.3. The van der Waals surface area contributed by atoms with Crippen LogP contribution in [0.3, 0.4) is 0 Å². The summed E-state index contributed by atoms with van der Waals surface area (Å²) in [5.74, 6) is 0.773. The summed E-state index contributed by atoms with van der Waals surface area (Å²) in [5, 5.41) is 7.47. The lowest BCUT2D eigenvalue weighted by molar-refractivity contribution is -0.138. The molecule has 42 heavy (non-hydrogen) atoms. The summed E-state index contributed by atoms with van der Waals surface area (Å²) in [4.78, 5) is 25.1. The summed E-state index contributed by atoms with van der Waals surface area (Å²) >= 11 is 0. The number of aromatic nitrogens is 2. The molecule has 0 amide bonds. The highest BCUT2D eigenvalue weighted by Gasteiger charge is 2.17. The molecular formula is C34H24N2O6. The molecule has 206 valence electrons. The molecule has 0 fully saturated rings. The van der Waals surface area contributed by atoms with Gasteiger partial charge in [-0.15, -0.1) is 0 Å². The zero-order valence-corrected chi connectivity index (χ0v) is 22.4. The molecule has 3 heterocycles. The second kappa shape index (κ2) is 10.7. The number of hydrogen-bond acceptors (Lipinski definition) is 7. The molecule has 8 heteroatoms. The Morgan fingerprint density at radius 3 is 2.60 bits per heavy atom. The zero-order chi connectivity index (χ0) is 28.5. The van der Waals surface area contributed by atoms with Gasteiger partial charge in [0, 0.05) is 40.4 Å². The van der Waals surface area contributed by atoms with Crippen molar-refractivity contribution < 1.29 is 23.4 Å². The fraction of sp³-hybridized carbons (Fsp3) is 0.0882. The molecule has 0 saturated carbocycles. The summed E-state index contributed by atoms with van der Waals surface area (Å²) in [5.41, 5.74) is 3.59. The molecule has 0 N–H and O–H groups in total. The summed E-state index contributed by atoms with van der Waals surface area (Å²) in [6.45, 7) is 0.893. The Labute approximate surface area is 240 Å². The molecule has 2 aromatic heterocycles. The summed E-state index contributed by atoms with van der Waals surface area (Å²) in [6, 6.07) is 28.2. The second-order valence-corrected chi connectivity index (χ2v) is 9.76. The van der Waals surface area contributed by atoms with Crippen molar-refractivity contribution in [2.45, 2.75) is 6.61 Å². The minimum Gasteiger partial charge on any atom is -0.486 e. The summed E-state index contributed by atoms with van der Waals surface area (Å²) < 4.78 is 24.2. The largest absolute Gasteiger partial charge is 0.486 e. The van der Waals surface area contributed by atoms with Crippen molar-refractivity contribution in [3.05, 3.63) is 125 Å². The van der Waals surface area contributed by atoms with Gasteiger partial charge in [-0.2, -0.15) is 5.10 Å². The number of benzene rings is 4. The fourth-order valence-electron chi connectivity index (χ4n) is 5.13. The van der Waals surface area contributed by atoms with E-state index in [0.717, 1.165) is 27.4 Å². The first-order valence-electron chi connectivity index (χ1n) is 13.5. The second-order valence-electron chi connectivity index (χ2n) is 9.76. The van der Waals surface area contributed by atoms with Gasteiger partial charge >= 0.3 is 11.6 Å². The Morgan fingerprint density at radius 2 is 1.71 bits per heavy atom. The van der Waals surface area contributed by atoms with Crippen LogP contribution in [0.2, 0.25) is 0 Å². The highest BCUT2D eigenvalue weighted by atomic mass is 16.6. The predicted molar refractivity (Wildman–Crippen MR) is 159 cm³/mol. The standard InChI is InChI=1S/C34H24N2O6/c37-31(41-21-25-19-32(38)42-29-14-10-22-6-4-5-9-27(22)33(25)29)15-12-24-20-36(26-7-2-1-3-8-26)35-34(24)23-11-13-28-30(18-23)40-17-16-39-28/h1-15,18-20H,16-17,21H2. The number of carbonyl (C=O) groups is 1. The smallest absolute Gasteiger partial charge is 0.336 e. The van der Waals surface area contributed by atoms with Gasteiger partial charge in [-0.25, -0.2) is 14.3 Å². The van der Waals surface area contributed by atoms with Crippen LogP contribution in [0, 0.1) is 0 Å². The quantitative estimate of drug-likeness (QED) is 0.102. The maximum Gasteiger partial charge on any atom is 0.336 e. The minimum absolute atomic E-state index is 0.0857. The van der Waals surface area contributed by atoms with Crippen molar-refractivity contribution >= 4 is 33.8 Å². The average molecular weight is 557 g/mol. The van der Waals surface area contributed by atoms with E-state index in [-0.39, 0.29) is 6.61 Å². The van der Waals surface area contributed by atoms with Crippen molar-refractivity contribution in [1.82, 2.24) is 9.78 Å². The SMILES string of the molecule is O=C(C=Cc1cn(-c2ccccc2)nc1-c1ccc2c(c1)OCCO2)OCc1cc(=O)oc2ccc3ccccc3c12. The van der Waals surface area contributed by atoms with Crippen molar-refractivity contribution in [1.29, 1.82) is 0 Å². The topological polar surface area (TPSA) is 92.8 Å². The predicted octanol–water partition coefficient (Wildman–Crippen LogP) is 6.33. The van der Waals surface area contributed by atoms with Gasteiger partial charge in [0.15, 0.2) is 11.5 Å². The van der Waals surface area contributed by atoms with E-state index < -0.39 is 11.6 Å². The fourth-order valence-corrected chi connectivity index (χ4v) is 5.13. The third-order valence-corrected chi connectivity index (χ3v) is 7.06. The van der Waals surface area contributed by atoms with E-state index in [0.29, 0.717) is 47.1 Å². The lowest BCUT2D eigenvalue weighted by atomic mass is 10.0. The van der Waals surface area contributed by atoms with E-state index in [1.165, 1.54) is 12.1 Å². The Bertz CT molecular complexity index is 2040. The molecule has 1 aliphatic rings. The number of rotatable bonds is 6. The molecule has 8 nitrogen and oxygen atoms in total. The average Bonchev–Trinajstić information content (AvgIpc) is 3.47. The molecule has 4 aromatic carbocycles. The van der Waals surface area contributed by atoms with E-state index in [1.54, 1.807) is 16.8 Å². The van der Waals surface area contributed by atoms with Crippen LogP contribution >= 0.6 is 0 Å². The zero-order valence-electron chi connectivity index (χ0n) is 22.4. The van der Waals surface area contributed by atoms with Crippen LogP contribution in [0.5, 0.6) is 11.5 Å². The number of esters is 1.